The Hall–Kier alpha value is -1.14. The molecule has 0 spiro atoms. The molecule has 2 unspecified atom stereocenters. The predicted molar refractivity (Wildman–Crippen MR) is 71.8 cm³/mol. The summed E-state index contributed by atoms with van der Waals surface area (Å²) in [7, 11) is 1.67. The van der Waals surface area contributed by atoms with Crippen molar-refractivity contribution >= 4 is 17.3 Å². The van der Waals surface area contributed by atoms with Gasteiger partial charge in [0.05, 0.1) is 12.6 Å². The number of rotatable bonds is 6. The van der Waals surface area contributed by atoms with Crippen molar-refractivity contribution in [1.82, 2.24) is 20.6 Å². The van der Waals surface area contributed by atoms with Gasteiger partial charge in [0.15, 0.2) is 5.11 Å². The van der Waals surface area contributed by atoms with Gasteiger partial charge in [-0.05, 0) is 25.6 Å². The van der Waals surface area contributed by atoms with Gasteiger partial charge in [0, 0.05) is 25.5 Å². The van der Waals surface area contributed by atoms with Crippen LogP contribution in [-0.4, -0.2) is 34.8 Å². The van der Waals surface area contributed by atoms with Crippen LogP contribution >= 0.6 is 12.2 Å². The van der Waals surface area contributed by atoms with E-state index in [9.17, 15) is 0 Å². The second-order valence-corrected chi connectivity index (χ2v) is 4.32. The Balaban J connectivity index is 2.43. The van der Waals surface area contributed by atoms with Crippen LogP contribution in [0.15, 0.2) is 12.4 Å². The lowest BCUT2D eigenvalue weighted by molar-refractivity contribution is 0.179. The Morgan fingerprint density at radius 2 is 2.35 bits per heavy atom. The summed E-state index contributed by atoms with van der Waals surface area (Å²) in [6.07, 6.45) is 4.46. The summed E-state index contributed by atoms with van der Waals surface area (Å²) in [6.45, 7) is 4.73. The van der Waals surface area contributed by atoms with Gasteiger partial charge in [0.2, 0.25) is 0 Å². The molecule has 1 aromatic rings. The van der Waals surface area contributed by atoms with Crippen LogP contribution in [0, 0.1) is 0 Å². The molecule has 3 N–H and O–H groups in total. The quantitative estimate of drug-likeness (QED) is 0.671. The number of ether oxygens (including phenoxy) is 1. The molecule has 0 amide bonds. The van der Waals surface area contributed by atoms with Crippen molar-refractivity contribution in [1.29, 1.82) is 0 Å². The number of aromatic nitrogens is 2. The zero-order valence-corrected chi connectivity index (χ0v) is 11.3. The number of hydrogen-bond donors (Lipinski definition) is 3. The van der Waals surface area contributed by atoms with Crippen molar-refractivity contribution < 1.29 is 4.74 Å². The standard InChI is InChI=1S/C11H20N4OS/c1-4-9(10-12-5-6-13-10)15-11(17)14-8(2)7-16-3/h5-6,8-9H,4,7H2,1-3H3,(H,12,13)(H2,14,15,17). The predicted octanol–water partition coefficient (Wildman–Crippen LogP) is 1.36. The largest absolute Gasteiger partial charge is 0.383 e. The SMILES string of the molecule is CCC(NC(=S)NC(C)COC)c1ncc[nH]1. The highest BCUT2D eigenvalue weighted by molar-refractivity contribution is 7.80. The summed E-state index contributed by atoms with van der Waals surface area (Å²) in [6, 6.07) is 0.300. The molecule has 0 bridgehead atoms. The Bertz CT molecular complexity index is 328. The monoisotopic (exact) mass is 256 g/mol. The Kier molecular flexibility index (Phi) is 5.93. The molecule has 0 aliphatic heterocycles. The minimum atomic E-state index is 0.111. The van der Waals surface area contributed by atoms with Crippen LogP contribution in [0.2, 0.25) is 0 Å². The average molecular weight is 256 g/mol. The maximum atomic E-state index is 5.24. The summed E-state index contributed by atoms with van der Waals surface area (Å²) in [5.74, 6) is 0.899. The lowest BCUT2D eigenvalue weighted by Gasteiger charge is -2.20. The van der Waals surface area contributed by atoms with E-state index in [1.54, 1.807) is 13.3 Å². The Morgan fingerprint density at radius 1 is 1.59 bits per heavy atom. The summed E-state index contributed by atoms with van der Waals surface area (Å²) in [5.41, 5.74) is 0. The zero-order chi connectivity index (χ0) is 12.7. The molecule has 0 aliphatic carbocycles. The van der Waals surface area contributed by atoms with E-state index in [0.717, 1.165) is 12.2 Å². The molecule has 0 fully saturated rings. The first kappa shape index (κ1) is 13.9. The molecule has 0 aromatic carbocycles. The van der Waals surface area contributed by atoms with Crippen molar-refractivity contribution in [2.24, 2.45) is 0 Å². The van der Waals surface area contributed by atoms with Crippen LogP contribution in [-0.2, 0) is 4.74 Å². The highest BCUT2D eigenvalue weighted by Gasteiger charge is 2.13. The molecule has 0 saturated heterocycles. The third-order valence-corrected chi connectivity index (χ3v) is 2.59. The van der Waals surface area contributed by atoms with E-state index >= 15 is 0 Å². The van der Waals surface area contributed by atoms with Crippen molar-refractivity contribution in [3.05, 3.63) is 18.2 Å². The first-order valence-corrected chi connectivity index (χ1v) is 6.13. The molecule has 96 valence electrons. The van der Waals surface area contributed by atoms with Crippen molar-refractivity contribution in [3.63, 3.8) is 0 Å². The molecule has 0 aliphatic rings. The van der Waals surface area contributed by atoms with E-state index in [2.05, 4.69) is 27.5 Å². The molecule has 1 rings (SSSR count). The Labute approximate surface area is 107 Å². The molecule has 1 aromatic heterocycles. The van der Waals surface area contributed by atoms with Gasteiger partial charge in [-0.2, -0.15) is 0 Å². The molecule has 0 radical (unpaired) electrons. The molecular formula is C11H20N4OS. The summed E-state index contributed by atoms with van der Waals surface area (Å²) < 4.78 is 5.04. The van der Waals surface area contributed by atoms with Crippen LogP contribution in [0.25, 0.3) is 0 Å². The second kappa shape index (κ2) is 7.24. The first-order valence-electron chi connectivity index (χ1n) is 5.72. The fraction of sp³-hybridized carbons (Fsp3) is 0.636. The van der Waals surface area contributed by atoms with E-state index < -0.39 is 0 Å². The maximum absolute atomic E-state index is 5.24. The van der Waals surface area contributed by atoms with Crippen molar-refractivity contribution in [2.75, 3.05) is 13.7 Å². The normalized spacial score (nSPS) is 14.1. The van der Waals surface area contributed by atoms with Crippen LogP contribution in [0.1, 0.15) is 32.1 Å². The minimum Gasteiger partial charge on any atom is -0.383 e. The molecule has 5 nitrogen and oxygen atoms in total. The number of H-pyrrole nitrogens is 1. The van der Waals surface area contributed by atoms with E-state index in [1.807, 2.05) is 13.1 Å². The van der Waals surface area contributed by atoms with Crippen molar-refractivity contribution in [3.8, 4) is 0 Å². The van der Waals surface area contributed by atoms with Gasteiger partial charge >= 0.3 is 0 Å². The topological polar surface area (TPSA) is 62.0 Å². The van der Waals surface area contributed by atoms with E-state index in [-0.39, 0.29) is 12.1 Å². The fourth-order valence-electron chi connectivity index (χ4n) is 1.55. The third kappa shape index (κ3) is 4.70. The minimum absolute atomic E-state index is 0.111. The maximum Gasteiger partial charge on any atom is 0.167 e. The summed E-state index contributed by atoms with van der Waals surface area (Å²) in [5, 5.41) is 7.01. The highest BCUT2D eigenvalue weighted by atomic mass is 32.1. The molecule has 2 atom stereocenters. The van der Waals surface area contributed by atoms with Gasteiger partial charge in [-0.1, -0.05) is 6.92 Å². The van der Waals surface area contributed by atoms with Crippen molar-refractivity contribution in [2.45, 2.75) is 32.4 Å². The lowest BCUT2D eigenvalue weighted by atomic mass is 10.2. The first-order chi connectivity index (χ1) is 8.17. The Morgan fingerprint density at radius 3 is 2.88 bits per heavy atom. The average Bonchev–Trinajstić information content (AvgIpc) is 2.79. The van der Waals surface area contributed by atoms with E-state index in [0.29, 0.717) is 11.7 Å². The van der Waals surface area contributed by atoms with Gasteiger partial charge in [-0.3, -0.25) is 0 Å². The number of thiocarbonyl (C=S) groups is 1. The molecule has 1 heterocycles. The number of hydrogen-bond acceptors (Lipinski definition) is 3. The van der Waals surface area contributed by atoms with Gasteiger partial charge < -0.3 is 20.4 Å². The number of methoxy groups -OCH3 is 1. The molecule has 6 heteroatoms. The van der Waals surface area contributed by atoms with Crippen LogP contribution in [0.5, 0.6) is 0 Å². The van der Waals surface area contributed by atoms with E-state index in [4.69, 9.17) is 17.0 Å². The third-order valence-electron chi connectivity index (χ3n) is 2.36. The van der Waals surface area contributed by atoms with Gasteiger partial charge in [-0.25, -0.2) is 4.98 Å². The van der Waals surface area contributed by atoms with Gasteiger partial charge in [-0.15, -0.1) is 0 Å². The summed E-state index contributed by atoms with van der Waals surface area (Å²) >= 11 is 5.24. The smallest absolute Gasteiger partial charge is 0.167 e. The molecular weight excluding hydrogens is 236 g/mol. The van der Waals surface area contributed by atoms with Crippen LogP contribution < -0.4 is 10.6 Å². The number of nitrogens with zero attached hydrogens (tertiary/aromatic N) is 1. The molecule has 17 heavy (non-hydrogen) atoms. The highest BCUT2D eigenvalue weighted by Crippen LogP contribution is 2.10. The summed E-state index contributed by atoms with van der Waals surface area (Å²) in [4.78, 5) is 7.31. The van der Waals surface area contributed by atoms with Crippen LogP contribution in [0.3, 0.4) is 0 Å². The lowest BCUT2D eigenvalue weighted by Crippen LogP contribution is -2.43. The zero-order valence-electron chi connectivity index (χ0n) is 10.5. The van der Waals surface area contributed by atoms with Crippen LogP contribution in [0.4, 0.5) is 0 Å². The van der Waals surface area contributed by atoms with Gasteiger partial charge in [0.1, 0.15) is 5.82 Å². The number of imidazole rings is 1. The molecule has 0 saturated carbocycles. The number of aromatic amines is 1. The second-order valence-electron chi connectivity index (χ2n) is 3.91. The van der Waals surface area contributed by atoms with E-state index in [1.165, 1.54) is 0 Å². The fourth-order valence-corrected chi connectivity index (χ4v) is 1.89. The van der Waals surface area contributed by atoms with Gasteiger partial charge in [0.25, 0.3) is 0 Å². The number of nitrogens with one attached hydrogen (secondary N) is 3.